The summed E-state index contributed by atoms with van der Waals surface area (Å²) >= 11 is 1.98. The Morgan fingerprint density at radius 1 is 1.08 bits per heavy atom. The second kappa shape index (κ2) is 8.18. The largest absolute Gasteiger partial charge is 0.154 e. The summed E-state index contributed by atoms with van der Waals surface area (Å²) in [4.78, 5) is 0. The lowest BCUT2D eigenvalue weighted by Crippen LogP contribution is -1.87. The Kier molecular flexibility index (Phi) is 7.91. The fourth-order valence-corrected chi connectivity index (χ4v) is 1.56. The Morgan fingerprint density at radius 2 is 1.62 bits per heavy atom. The van der Waals surface area contributed by atoms with E-state index in [0.29, 0.717) is 0 Å². The molecule has 0 unspecified atom stereocenters. The van der Waals surface area contributed by atoms with Crippen molar-refractivity contribution in [2.45, 2.75) is 38.7 Å². The van der Waals surface area contributed by atoms with Gasteiger partial charge >= 0.3 is 0 Å². The van der Waals surface area contributed by atoms with E-state index in [1.54, 1.807) is 0 Å². The average Bonchev–Trinajstić information content (AvgIpc) is 2.19. The molecule has 1 aromatic rings. The van der Waals surface area contributed by atoms with E-state index < -0.39 is 0 Å². The van der Waals surface area contributed by atoms with Crippen LogP contribution in [-0.4, -0.2) is 5.25 Å². The molecule has 0 spiro atoms. The van der Waals surface area contributed by atoms with Crippen LogP contribution in [0.3, 0.4) is 0 Å². The summed E-state index contributed by atoms with van der Waals surface area (Å²) in [5, 5.41) is 0.732. The Labute approximate surface area is 86.7 Å². The molecule has 1 heteroatoms. The molecule has 13 heavy (non-hydrogen) atoms. The molecule has 0 radical (unpaired) electrons. The van der Waals surface area contributed by atoms with Crippen LogP contribution in [0.2, 0.25) is 0 Å². The van der Waals surface area contributed by atoms with Gasteiger partial charge < -0.3 is 0 Å². The predicted octanol–water partition coefficient (Wildman–Crippen LogP) is 4.35. The molecule has 0 amide bonds. The average molecular weight is 196 g/mol. The third-order valence-corrected chi connectivity index (χ3v) is 2.59. The number of hydrogen-bond acceptors (Lipinski definition) is 1. The van der Waals surface area contributed by atoms with Crippen molar-refractivity contribution in [2.75, 3.05) is 0 Å². The van der Waals surface area contributed by atoms with Crippen LogP contribution in [0.1, 0.15) is 33.3 Å². The van der Waals surface area contributed by atoms with Crippen molar-refractivity contribution in [3.05, 3.63) is 35.9 Å². The summed E-state index contributed by atoms with van der Waals surface area (Å²) in [6.45, 7) is 8.46. The quantitative estimate of drug-likeness (QED) is 0.692. The van der Waals surface area contributed by atoms with E-state index in [-0.39, 0.29) is 0 Å². The highest BCUT2D eigenvalue weighted by Crippen LogP contribution is 2.16. The maximum Gasteiger partial charge on any atom is 0.0187 e. The molecule has 0 aliphatic carbocycles. The van der Waals surface area contributed by atoms with Gasteiger partial charge in [-0.05, 0) is 10.8 Å². The van der Waals surface area contributed by atoms with Crippen LogP contribution in [0.15, 0.2) is 30.3 Å². The van der Waals surface area contributed by atoms with Gasteiger partial charge in [-0.2, -0.15) is 11.8 Å². The number of hydrogen-bond donors (Lipinski definition) is 0. The fraction of sp³-hybridized carbons (Fsp3) is 0.500. The normalized spacial score (nSPS) is 9.31. The standard InChI is InChI=1S/C10H14S.C2H6/c1-9(2)11-8-10-6-4-3-5-7-10;1-2/h3-7,9H,8H2,1-2H3;1-2H3. The van der Waals surface area contributed by atoms with Crippen molar-refractivity contribution in [3.63, 3.8) is 0 Å². The van der Waals surface area contributed by atoms with E-state index in [9.17, 15) is 0 Å². The topological polar surface area (TPSA) is 0 Å². The van der Waals surface area contributed by atoms with E-state index in [1.165, 1.54) is 5.56 Å². The Hall–Kier alpha value is -0.430. The molecule has 0 heterocycles. The summed E-state index contributed by atoms with van der Waals surface area (Å²) in [5.74, 6) is 1.14. The zero-order chi connectivity index (χ0) is 10.1. The molecule has 0 nitrogen and oxygen atoms in total. The third-order valence-electron chi connectivity index (χ3n) is 1.43. The molecular weight excluding hydrogens is 176 g/mol. The van der Waals surface area contributed by atoms with Crippen LogP contribution in [0, 0.1) is 0 Å². The fourth-order valence-electron chi connectivity index (χ4n) is 0.837. The smallest absolute Gasteiger partial charge is 0.0187 e. The van der Waals surface area contributed by atoms with Gasteiger partial charge in [-0.1, -0.05) is 58.0 Å². The molecule has 0 saturated heterocycles. The first kappa shape index (κ1) is 12.6. The highest BCUT2D eigenvalue weighted by atomic mass is 32.2. The first-order valence-corrected chi connectivity index (χ1v) is 5.99. The van der Waals surface area contributed by atoms with Gasteiger partial charge in [0.1, 0.15) is 0 Å². The maximum atomic E-state index is 2.23. The van der Waals surface area contributed by atoms with Gasteiger partial charge in [-0.15, -0.1) is 0 Å². The minimum absolute atomic E-state index is 0.732. The van der Waals surface area contributed by atoms with Gasteiger partial charge in [0.15, 0.2) is 0 Å². The molecule has 0 N–H and O–H groups in total. The van der Waals surface area contributed by atoms with Gasteiger partial charge in [-0.3, -0.25) is 0 Å². The summed E-state index contributed by atoms with van der Waals surface area (Å²) < 4.78 is 0. The van der Waals surface area contributed by atoms with E-state index in [0.717, 1.165) is 11.0 Å². The minimum atomic E-state index is 0.732. The number of thioether (sulfide) groups is 1. The van der Waals surface area contributed by atoms with Crippen LogP contribution < -0.4 is 0 Å². The highest BCUT2D eigenvalue weighted by molar-refractivity contribution is 7.99. The zero-order valence-corrected chi connectivity index (χ0v) is 9.90. The Morgan fingerprint density at radius 3 is 2.08 bits per heavy atom. The number of rotatable bonds is 3. The van der Waals surface area contributed by atoms with E-state index in [2.05, 4.69) is 44.2 Å². The third kappa shape index (κ3) is 6.71. The maximum absolute atomic E-state index is 2.23. The summed E-state index contributed by atoms with van der Waals surface area (Å²) in [6, 6.07) is 10.6. The monoisotopic (exact) mass is 196 g/mol. The van der Waals surface area contributed by atoms with Crippen molar-refractivity contribution >= 4 is 11.8 Å². The minimum Gasteiger partial charge on any atom is -0.154 e. The molecule has 0 aliphatic rings. The predicted molar refractivity (Wildman–Crippen MR) is 64.2 cm³/mol. The van der Waals surface area contributed by atoms with Crippen LogP contribution >= 0.6 is 11.8 Å². The van der Waals surface area contributed by atoms with Gasteiger partial charge in [0.25, 0.3) is 0 Å². The first-order valence-electron chi connectivity index (χ1n) is 4.94. The number of benzene rings is 1. The van der Waals surface area contributed by atoms with Crippen molar-refractivity contribution in [1.29, 1.82) is 0 Å². The molecule has 0 aromatic heterocycles. The van der Waals surface area contributed by atoms with Crippen LogP contribution in [-0.2, 0) is 5.75 Å². The SMILES string of the molecule is CC.CC(C)SCc1ccccc1. The van der Waals surface area contributed by atoms with Crippen LogP contribution in [0.5, 0.6) is 0 Å². The van der Waals surface area contributed by atoms with Gasteiger partial charge in [0.2, 0.25) is 0 Å². The van der Waals surface area contributed by atoms with E-state index in [1.807, 2.05) is 25.6 Å². The Bertz CT molecular complexity index is 192. The summed E-state index contributed by atoms with van der Waals surface area (Å²) in [7, 11) is 0. The summed E-state index contributed by atoms with van der Waals surface area (Å²) in [5.41, 5.74) is 1.42. The highest BCUT2D eigenvalue weighted by Gasteiger charge is 1.94. The van der Waals surface area contributed by atoms with Crippen molar-refractivity contribution in [1.82, 2.24) is 0 Å². The van der Waals surface area contributed by atoms with Crippen LogP contribution in [0.4, 0.5) is 0 Å². The molecule has 74 valence electrons. The Balaban J connectivity index is 0.000000671. The first-order chi connectivity index (χ1) is 6.29. The van der Waals surface area contributed by atoms with Crippen molar-refractivity contribution in [3.8, 4) is 0 Å². The van der Waals surface area contributed by atoms with Gasteiger partial charge in [0.05, 0.1) is 0 Å². The molecule has 1 aromatic carbocycles. The zero-order valence-electron chi connectivity index (χ0n) is 9.08. The molecule has 0 fully saturated rings. The van der Waals surface area contributed by atoms with Crippen LogP contribution in [0.25, 0.3) is 0 Å². The van der Waals surface area contributed by atoms with Gasteiger partial charge in [-0.25, -0.2) is 0 Å². The van der Waals surface area contributed by atoms with E-state index in [4.69, 9.17) is 0 Å². The second-order valence-electron chi connectivity index (χ2n) is 2.85. The molecule has 0 bridgehead atoms. The molecule has 0 atom stereocenters. The molecule has 0 aliphatic heterocycles. The second-order valence-corrected chi connectivity index (χ2v) is 4.41. The van der Waals surface area contributed by atoms with Gasteiger partial charge in [0, 0.05) is 5.75 Å². The van der Waals surface area contributed by atoms with Crippen molar-refractivity contribution in [2.24, 2.45) is 0 Å². The van der Waals surface area contributed by atoms with Crippen molar-refractivity contribution < 1.29 is 0 Å². The lowest BCUT2D eigenvalue weighted by Gasteiger charge is -2.03. The molecule has 1 rings (SSSR count). The van der Waals surface area contributed by atoms with E-state index >= 15 is 0 Å². The summed E-state index contributed by atoms with van der Waals surface area (Å²) in [6.07, 6.45) is 0. The molecule has 0 saturated carbocycles. The molecular formula is C12H20S. The lowest BCUT2D eigenvalue weighted by atomic mass is 10.2. The lowest BCUT2D eigenvalue weighted by molar-refractivity contribution is 1.11.